The summed E-state index contributed by atoms with van der Waals surface area (Å²) in [6.45, 7) is 5.58. The average Bonchev–Trinajstić information content (AvgIpc) is 2.92. The van der Waals surface area contributed by atoms with Crippen LogP contribution >= 0.6 is 0 Å². The number of nitrogens with one attached hydrogen (secondary N) is 1. The van der Waals surface area contributed by atoms with E-state index >= 15 is 0 Å². The number of barbiturate groups is 1. The first-order valence-electron chi connectivity index (χ1n) is 7.42. The lowest BCUT2D eigenvalue weighted by atomic mass is 10.1. The lowest BCUT2D eigenvalue weighted by molar-refractivity contribution is -0.122. The van der Waals surface area contributed by atoms with Gasteiger partial charge < -0.3 is 4.42 Å². The van der Waals surface area contributed by atoms with Crippen LogP contribution in [0.4, 0.5) is 10.5 Å². The number of rotatable bonds is 2. The first-order valence-corrected chi connectivity index (χ1v) is 7.42. The Morgan fingerprint density at radius 1 is 1.00 bits per heavy atom. The Bertz CT molecular complexity index is 892. The number of urea groups is 1. The number of carbonyl (C=O) groups excluding carboxylic acids is 3. The Morgan fingerprint density at radius 2 is 1.75 bits per heavy atom. The highest BCUT2D eigenvalue weighted by atomic mass is 16.3. The van der Waals surface area contributed by atoms with Gasteiger partial charge in [0.2, 0.25) is 0 Å². The van der Waals surface area contributed by atoms with Gasteiger partial charge in [0.05, 0.1) is 5.69 Å². The van der Waals surface area contributed by atoms with Crippen molar-refractivity contribution in [1.82, 2.24) is 5.32 Å². The van der Waals surface area contributed by atoms with Crippen molar-refractivity contribution < 1.29 is 18.8 Å². The van der Waals surface area contributed by atoms with Crippen molar-refractivity contribution in [3.63, 3.8) is 0 Å². The molecule has 4 amide bonds. The van der Waals surface area contributed by atoms with Crippen LogP contribution in [0.15, 0.2) is 40.3 Å². The Kier molecular flexibility index (Phi) is 3.81. The van der Waals surface area contributed by atoms with Gasteiger partial charge in [0.25, 0.3) is 11.8 Å². The lowest BCUT2D eigenvalue weighted by Gasteiger charge is -2.26. The molecule has 0 atom stereocenters. The lowest BCUT2D eigenvalue weighted by Crippen LogP contribution is -2.54. The quantitative estimate of drug-likeness (QED) is 0.680. The molecule has 1 aliphatic rings. The van der Waals surface area contributed by atoms with E-state index in [1.54, 1.807) is 31.2 Å². The van der Waals surface area contributed by atoms with Crippen molar-refractivity contribution in [2.75, 3.05) is 4.90 Å². The number of hydrogen-bond donors (Lipinski definition) is 1. The summed E-state index contributed by atoms with van der Waals surface area (Å²) in [6, 6.07) is 7.84. The highest BCUT2D eigenvalue weighted by Gasteiger charge is 2.37. The van der Waals surface area contributed by atoms with E-state index in [4.69, 9.17) is 4.42 Å². The maximum Gasteiger partial charge on any atom is 0.335 e. The van der Waals surface area contributed by atoms with E-state index in [9.17, 15) is 14.4 Å². The van der Waals surface area contributed by atoms with Crippen LogP contribution in [0.3, 0.4) is 0 Å². The van der Waals surface area contributed by atoms with Crippen LogP contribution in [-0.2, 0) is 9.59 Å². The third-order valence-corrected chi connectivity index (χ3v) is 3.90. The van der Waals surface area contributed by atoms with Gasteiger partial charge in [-0.3, -0.25) is 14.9 Å². The minimum Gasteiger partial charge on any atom is -0.462 e. The molecule has 1 aromatic carbocycles. The standard InChI is InChI=1S/C18H16N2O4/c1-10-4-6-13(8-11(10)2)20-17(22)15(16(21)19-18(20)23)9-14-7-5-12(3)24-14/h4-9H,1-3H3,(H,19,21,23)/b15-9+. The number of aryl methyl sites for hydroxylation is 3. The van der Waals surface area contributed by atoms with Gasteiger partial charge in [0.15, 0.2) is 0 Å². The second-order valence-electron chi connectivity index (χ2n) is 5.67. The van der Waals surface area contributed by atoms with E-state index in [1.165, 1.54) is 6.08 Å². The fourth-order valence-electron chi connectivity index (χ4n) is 2.43. The Balaban J connectivity index is 2.02. The molecule has 1 N–H and O–H groups in total. The SMILES string of the molecule is Cc1ccc(/C=C2\C(=O)NC(=O)N(c3ccc(C)c(C)c3)C2=O)o1. The number of benzene rings is 1. The van der Waals surface area contributed by atoms with Gasteiger partial charge in [-0.25, -0.2) is 9.69 Å². The predicted molar refractivity (Wildman–Crippen MR) is 88.4 cm³/mol. The van der Waals surface area contributed by atoms with Crippen LogP contribution in [-0.4, -0.2) is 17.8 Å². The molecule has 3 rings (SSSR count). The molecule has 0 unspecified atom stereocenters. The minimum absolute atomic E-state index is 0.151. The van der Waals surface area contributed by atoms with Crippen molar-refractivity contribution in [2.45, 2.75) is 20.8 Å². The molecule has 1 aromatic heterocycles. The topological polar surface area (TPSA) is 79.6 Å². The Morgan fingerprint density at radius 3 is 2.38 bits per heavy atom. The smallest absolute Gasteiger partial charge is 0.335 e. The summed E-state index contributed by atoms with van der Waals surface area (Å²) in [5.41, 5.74) is 2.25. The number of anilines is 1. The molecule has 0 bridgehead atoms. The van der Waals surface area contributed by atoms with Crippen molar-refractivity contribution in [2.24, 2.45) is 0 Å². The largest absolute Gasteiger partial charge is 0.462 e. The summed E-state index contributed by atoms with van der Waals surface area (Å²) in [5, 5.41) is 2.19. The van der Waals surface area contributed by atoms with Crippen LogP contribution in [0.2, 0.25) is 0 Å². The van der Waals surface area contributed by atoms with Gasteiger partial charge in [-0.1, -0.05) is 6.07 Å². The molecule has 2 aromatic rings. The normalized spacial score (nSPS) is 16.7. The van der Waals surface area contributed by atoms with Gasteiger partial charge in [0, 0.05) is 0 Å². The minimum atomic E-state index is -0.763. The summed E-state index contributed by atoms with van der Waals surface area (Å²) in [7, 11) is 0. The van der Waals surface area contributed by atoms with Crippen LogP contribution in [0, 0.1) is 20.8 Å². The molecule has 0 spiro atoms. The molecule has 6 heteroatoms. The molecule has 0 saturated carbocycles. The number of nitrogens with zero attached hydrogens (tertiary/aromatic N) is 1. The Hall–Kier alpha value is -3.15. The Labute approximate surface area is 138 Å². The van der Waals surface area contributed by atoms with Crippen molar-refractivity contribution in [3.05, 3.63) is 58.6 Å². The number of furan rings is 1. The van der Waals surface area contributed by atoms with Gasteiger partial charge in [-0.15, -0.1) is 0 Å². The molecule has 2 heterocycles. The van der Waals surface area contributed by atoms with Gasteiger partial charge in [-0.05, 0) is 62.2 Å². The third-order valence-electron chi connectivity index (χ3n) is 3.90. The predicted octanol–water partition coefficient (Wildman–Crippen LogP) is 2.87. The van der Waals surface area contributed by atoms with E-state index in [2.05, 4.69) is 5.32 Å². The first kappa shape index (κ1) is 15.7. The fourth-order valence-corrected chi connectivity index (χ4v) is 2.43. The van der Waals surface area contributed by atoms with Crippen LogP contribution < -0.4 is 10.2 Å². The molecule has 1 saturated heterocycles. The average molecular weight is 324 g/mol. The molecule has 1 fully saturated rings. The number of carbonyl (C=O) groups is 3. The van der Waals surface area contributed by atoms with Crippen molar-refractivity contribution >= 4 is 29.6 Å². The molecule has 6 nitrogen and oxygen atoms in total. The first-order chi connectivity index (χ1) is 11.4. The molecule has 0 aliphatic carbocycles. The zero-order valence-corrected chi connectivity index (χ0v) is 13.5. The zero-order valence-electron chi connectivity index (χ0n) is 13.5. The molecular formula is C18H16N2O4. The van der Waals surface area contributed by atoms with Crippen molar-refractivity contribution in [1.29, 1.82) is 0 Å². The summed E-state index contributed by atoms with van der Waals surface area (Å²) >= 11 is 0. The number of imide groups is 2. The third kappa shape index (κ3) is 2.74. The van der Waals surface area contributed by atoms with E-state index in [1.807, 2.05) is 19.9 Å². The zero-order chi connectivity index (χ0) is 17.4. The van der Waals surface area contributed by atoms with Crippen LogP contribution in [0.1, 0.15) is 22.6 Å². The summed E-state index contributed by atoms with van der Waals surface area (Å²) in [5.74, 6) is -0.381. The van der Waals surface area contributed by atoms with E-state index in [0.29, 0.717) is 17.2 Å². The maximum atomic E-state index is 12.7. The van der Waals surface area contributed by atoms with Crippen LogP contribution in [0.5, 0.6) is 0 Å². The van der Waals surface area contributed by atoms with Gasteiger partial charge >= 0.3 is 6.03 Å². The molecule has 24 heavy (non-hydrogen) atoms. The van der Waals surface area contributed by atoms with Gasteiger partial charge in [-0.2, -0.15) is 0 Å². The molecule has 0 radical (unpaired) electrons. The fraction of sp³-hybridized carbons (Fsp3) is 0.167. The molecular weight excluding hydrogens is 308 g/mol. The summed E-state index contributed by atoms with van der Waals surface area (Å²) in [6.07, 6.45) is 1.34. The number of hydrogen-bond acceptors (Lipinski definition) is 4. The van der Waals surface area contributed by atoms with Crippen molar-refractivity contribution in [3.8, 4) is 0 Å². The molecule has 122 valence electrons. The summed E-state index contributed by atoms with van der Waals surface area (Å²) in [4.78, 5) is 37.8. The summed E-state index contributed by atoms with van der Waals surface area (Å²) < 4.78 is 5.37. The van der Waals surface area contributed by atoms with E-state index in [-0.39, 0.29) is 5.57 Å². The second-order valence-corrected chi connectivity index (χ2v) is 5.67. The highest BCUT2D eigenvalue weighted by Crippen LogP contribution is 2.24. The molecule has 1 aliphatic heterocycles. The van der Waals surface area contributed by atoms with E-state index in [0.717, 1.165) is 16.0 Å². The van der Waals surface area contributed by atoms with Gasteiger partial charge in [0.1, 0.15) is 17.1 Å². The number of amides is 4. The monoisotopic (exact) mass is 324 g/mol. The second kappa shape index (κ2) is 5.81. The van der Waals surface area contributed by atoms with E-state index < -0.39 is 17.8 Å². The van der Waals surface area contributed by atoms with Crippen LogP contribution in [0.25, 0.3) is 6.08 Å². The highest BCUT2D eigenvalue weighted by molar-refractivity contribution is 6.39. The maximum absolute atomic E-state index is 12.7.